The van der Waals surface area contributed by atoms with Crippen LogP contribution >= 0.6 is 0 Å². The predicted molar refractivity (Wildman–Crippen MR) is 99.7 cm³/mol. The van der Waals surface area contributed by atoms with Crippen molar-refractivity contribution in [3.05, 3.63) is 17.7 Å². The SMILES string of the molecule is CC1CCC(C(=O)N2CCc3ncc(CN4CCOCC4)n3CC2)CC1. The minimum Gasteiger partial charge on any atom is -0.379 e. The molecule has 1 saturated heterocycles. The van der Waals surface area contributed by atoms with Crippen LogP contribution in [0.2, 0.25) is 0 Å². The summed E-state index contributed by atoms with van der Waals surface area (Å²) in [5.41, 5.74) is 1.28. The molecule has 1 saturated carbocycles. The van der Waals surface area contributed by atoms with E-state index in [-0.39, 0.29) is 5.92 Å². The van der Waals surface area contributed by atoms with Crippen LogP contribution in [0, 0.1) is 11.8 Å². The van der Waals surface area contributed by atoms with Gasteiger partial charge in [-0.25, -0.2) is 4.98 Å². The minimum absolute atomic E-state index is 0.254. The largest absolute Gasteiger partial charge is 0.379 e. The van der Waals surface area contributed by atoms with E-state index in [0.717, 1.165) is 83.5 Å². The number of fused-ring (bicyclic) bond motifs is 1. The Morgan fingerprint density at radius 2 is 1.88 bits per heavy atom. The summed E-state index contributed by atoms with van der Waals surface area (Å²) < 4.78 is 7.80. The second-order valence-corrected chi connectivity index (χ2v) is 8.24. The van der Waals surface area contributed by atoms with Gasteiger partial charge in [0.1, 0.15) is 5.82 Å². The first kappa shape index (κ1) is 18.0. The summed E-state index contributed by atoms with van der Waals surface area (Å²) in [6, 6.07) is 0. The Bertz CT molecular complexity index is 615. The van der Waals surface area contributed by atoms with Crippen LogP contribution < -0.4 is 0 Å². The summed E-state index contributed by atoms with van der Waals surface area (Å²) in [6.45, 7) is 9.39. The van der Waals surface area contributed by atoms with E-state index in [9.17, 15) is 4.79 Å². The highest BCUT2D eigenvalue weighted by Gasteiger charge is 2.29. The van der Waals surface area contributed by atoms with E-state index in [1.54, 1.807) is 0 Å². The Kier molecular flexibility index (Phi) is 5.60. The number of carbonyl (C=O) groups excluding carboxylic acids is 1. The van der Waals surface area contributed by atoms with E-state index in [2.05, 4.69) is 26.3 Å². The number of nitrogens with zero attached hydrogens (tertiary/aromatic N) is 4. The van der Waals surface area contributed by atoms with Crippen LogP contribution in [0.1, 0.15) is 44.1 Å². The molecule has 3 heterocycles. The molecule has 0 unspecified atom stereocenters. The molecule has 0 bridgehead atoms. The van der Waals surface area contributed by atoms with E-state index in [4.69, 9.17) is 4.74 Å². The fourth-order valence-electron chi connectivity index (χ4n) is 4.59. The molecule has 0 spiro atoms. The zero-order valence-electron chi connectivity index (χ0n) is 16.0. The fourth-order valence-corrected chi connectivity index (χ4v) is 4.59. The van der Waals surface area contributed by atoms with Crippen molar-refractivity contribution in [2.24, 2.45) is 11.8 Å². The van der Waals surface area contributed by atoms with Gasteiger partial charge in [-0.3, -0.25) is 9.69 Å². The van der Waals surface area contributed by atoms with Crippen LogP contribution in [0.4, 0.5) is 0 Å². The van der Waals surface area contributed by atoms with E-state index in [1.807, 2.05) is 6.20 Å². The average Bonchev–Trinajstić information content (AvgIpc) is 2.91. The lowest BCUT2D eigenvalue weighted by atomic mass is 9.82. The highest BCUT2D eigenvalue weighted by Crippen LogP contribution is 2.30. The van der Waals surface area contributed by atoms with Gasteiger partial charge in [0.15, 0.2) is 0 Å². The molecule has 0 N–H and O–H groups in total. The van der Waals surface area contributed by atoms with Crippen molar-refractivity contribution in [3.63, 3.8) is 0 Å². The van der Waals surface area contributed by atoms with Gasteiger partial charge in [-0.2, -0.15) is 0 Å². The standard InChI is InChI=1S/C20H32N4O2/c1-16-2-4-17(5-3-16)20(25)23-7-6-19-21-14-18(24(19)9-8-23)15-22-10-12-26-13-11-22/h14,16-17H,2-13,15H2,1H3. The number of carbonyl (C=O) groups is 1. The molecule has 1 aromatic heterocycles. The number of hydrogen-bond donors (Lipinski definition) is 0. The monoisotopic (exact) mass is 360 g/mol. The van der Waals surface area contributed by atoms with Crippen molar-refractivity contribution in [3.8, 4) is 0 Å². The lowest BCUT2D eigenvalue weighted by Gasteiger charge is -2.30. The Hall–Kier alpha value is -1.40. The third-order valence-corrected chi connectivity index (χ3v) is 6.39. The molecule has 2 fully saturated rings. The highest BCUT2D eigenvalue weighted by molar-refractivity contribution is 5.79. The quantitative estimate of drug-likeness (QED) is 0.826. The summed E-state index contributed by atoms with van der Waals surface area (Å²) in [4.78, 5) is 22.2. The molecule has 144 valence electrons. The zero-order valence-corrected chi connectivity index (χ0v) is 16.0. The second-order valence-electron chi connectivity index (χ2n) is 8.24. The Balaban J connectivity index is 1.37. The molecule has 2 aliphatic heterocycles. The number of morpholine rings is 1. The first-order valence-electron chi connectivity index (χ1n) is 10.3. The number of amides is 1. The summed E-state index contributed by atoms with van der Waals surface area (Å²) in [6.07, 6.45) is 7.46. The topological polar surface area (TPSA) is 50.6 Å². The normalized spacial score (nSPS) is 27.8. The molecule has 0 atom stereocenters. The lowest BCUT2D eigenvalue weighted by molar-refractivity contribution is -0.136. The van der Waals surface area contributed by atoms with Crippen molar-refractivity contribution >= 4 is 5.91 Å². The van der Waals surface area contributed by atoms with Gasteiger partial charge in [0.2, 0.25) is 5.91 Å². The van der Waals surface area contributed by atoms with Gasteiger partial charge in [-0.15, -0.1) is 0 Å². The number of hydrogen-bond acceptors (Lipinski definition) is 4. The fraction of sp³-hybridized carbons (Fsp3) is 0.800. The van der Waals surface area contributed by atoms with E-state index < -0.39 is 0 Å². The van der Waals surface area contributed by atoms with Crippen molar-refractivity contribution < 1.29 is 9.53 Å². The van der Waals surface area contributed by atoms with E-state index in [1.165, 1.54) is 18.5 Å². The Morgan fingerprint density at radius 3 is 2.65 bits per heavy atom. The van der Waals surface area contributed by atoms with Crippen LogP contribution in [0.25, 0.3) is 0 Å². The highest BCUT2D eigenvalue weighted by atomic mass is 16.5. The maximum Gasteiger partial charge on any atom is 0.225 e. The molecular weight excluding hydrogens is 328 g/mol. The maximum atomic E-state index is 13.0. The average molecular weight is 361 g/mol. The number of imidazole rings is 1. The van der Waals surface area contributed by atoms with Gasteiger partial charge >= 0.3 is 0 Å². The third kappa shape index (κ3) is 3.96. The second kappa shape index (κ2) is 8.09. The summed E-state index contributed by atoms with van der Waals surface area (Å²) >= 11 is 0. The Morgan fingerprint density at radius 1 is 1.12 bits per heavy atom. The molecule has 1 aromatic rings. The minimum atomic E-state index is 0.254. The molecule has 1 amide bonds. The first-order valence-corrected chi connectivity index (χ1v) is 10.3. The van der Waals surface area contributed by atoms with Gasteiger partial charge in [-0.1, -0.05) is 6.92 Å². The molecule has 26 heavy (non-hydrogen) atoms. The van der Waals surface area contributed by atoms with Gasteiger partial charge in [-0.05, 0) is 31.6 Å². The summed E-state index contributed by atoms with van der Waals surface area (Å²) in [5, 5.41) is 0. The number of ether oxygens (including phenoxy) is 1. The molecular formula is C20H32N4O2. The molecule has 1 aliphatic carbocycles. The molecule has 4 rings (SSSR count). The van der Waals surface area contributed by atoms with Crippen LogP contribution in [0.15, 0.2) is 6.20 Å². The van der Waals surface area contributed by atoms with Crippen LogP contribution in [0.5, 0.6) is 0 Å². The molecule has 6 heteroatoms. The number of rotatable bonds is 3. The summed E-state index contributed by atoms with van der Waals surface area (Å²) in [5.74, 6) is 2.57. The number of aromatic nitrogens is 2. The van der Waals surface area contributed by atoms with Crippen molar-refractivity contribution in [2.45, 2.75) is 52.1 Å². The van der Waals surface area contributed by atoms with Crippen molar-refractivity contribution in [2.75, 3.05) is 39.4 Å². The smallest absolute Gasteiger partial charge is 0.225 e. The maximum absolute atomic E-state index is 13.0. The predicted octanol–water partition coefficient (Wildman–Crippen LogP) is 1.93. The van der Waals surface area contributed by atoms with E-state index in [0.29, 0.717) is 5.91 Å². The van der Waals surface area contributed by atoms with E-state index >= 15 is 0 Å². The van der Waals surface area contributed by atoms with Crippen LogP contribution in [-0.2, 0) is 29.0 Å². The first-order chi connectivity index (χ1) is 12.7. The Labute approximate surface area is 156 Å². The van der Waals surface area contributed by atoms with Gasteiger partial charge < -0.3 is 14.2 Å². The lowest BCUT2D eigenvalue weighted by Crippen LogP contribution is -2.39. The van der Waals surface area contributed by atoms with Gasteiger partial charge in [0, 0.05) is 57.8 Å². The van der Waals surface area contributed by atoms with Gasteiger partial charge in [0.25, 0.3) is 0 Å². The zero-order chi connectivity index (χ0) is 17.9. The molecule has 6 nitrogen and oxygen atoms in total. The molecule has 0 radical (unpaired) electrons. The molecule has 3 aliphatic rings. The summed E-state index contributed by atoms with van der Waals surface area (Å²) in [7, 11) is 0. The van der Waals surface area contributed by atoms with Crippen molar-refractivity contribution in [1.82, 2.24) is 19.4 Å². The van der Waals surface area contributed by atoms with Crippen LogP contribution in [-0.4, -0.2) is 64.7 Å². The third-order valence-electron chi connectivity index (χ3n) is 6.39. The van der Waals surface area contributed by atoms with Crippen molar-refractivity contribution in [1.29, 1.82) is 0 Å². The molecule has 0 aromatic carbocycles. The van der Waals surface area contributed by atoms with Crippen LogP contribution in [0.3, 0.4) is 0 Å². The van der Waals surface area contributed by atoms with Gasteiger partial charge in [0.05, 0.1) is 18.9 Å².